The van der Waals surface area contributed by atoms with Crippen LogP contribution in [0.2, 0.25) is 0 Å². The summed E-state index contributed by atoms with van der Waals surface area (Å²) < 4.78 is 0. The predicted molar refractivity (Wildman–Crippen MR) is 69.1 cm³/mol. The number of carbonyl (C=O) groups is 1. The minimum Gasteiger partial charge on any atom is -0.364 e. The summed E-state index contributed by atoms with van der Waals surface area (Å²) in [7, 11) is 0. The van der Waals surface area contributed by atoms with Gasteiger partial charge in [0.2, 0.25) is 0 Å². The largest absolute Gasteiger partial charge is 0.364 e. The van der Waals surface area contributed by atoms with Gasteiger partial charge in [0.05, 0.1) is 5.52 Å². The monoisotopic (exact) mass is 244 g/mol. The number of nitrogens with zero attached hydrogens (tertiary/aromatic N) is 2. The van der Waals surface area contributed by atoms with Crippen LogP contribution in [-0.4, -0.2) is 34.1 Å². The number of carbonyl (C=O) groups excluding carboxylic acids is 1. The Kier molecular flexibility index (Phi) is 2.76. The van der Waals surface area contributed by atoms with Gasteiger partial charge in [-0.25, -0.2) is 0 Å². The van der Waals surface area contributed by atoms with Crippen molar-refractivity contribution in [2.45, 2.75) is 19.4 Å². The Morgan fingerprint density at radius 2 is 2.17 bits per heavy atom. The van der Waals surface area contributed by atoms with Crippen molar-refractivity contribution in [1.29, 1.82) is 0 Å². The van der Waals surface area contributed by atoms with Crippen molar-refractivity contribution in [3.8, 4) is 0 Å². The number of likely N-dealkylation sites (tertiary alicyclic amines) is 1. The Hall–Kier alpha value is -1.88. The lowest BCUT2D eigenvalue weighted by Crippen LogP contribution is -2.18. The van der Waals surface area contributed by atoms with Gasteiger partial charge in [-0.05, 0) is 43.6 Å². The summed E-state index contributed by atoms with van der Waals surface area (Å²) in [5.41, 5.74) is 7.69. The third-order valence-corrected chi connectivity index (χ3v) is 3.47. The molecule has 0 saturated carbocycles. The molecule has 0 aliphatic carbocycles. The summed E-state index contributed by atoms with van der Waals surface area (Å²) in [6.45, 7) is 3.25. The maximum atomic E-state index is 11.3. The lowest BCUT2D eigenvalue weighted by atomic mass is 10.1. The molecular weight excluding hydrogens is 228 g/mol. The normalized spacial score (nSPS) is 16.4. The molecule has 5 nitrogen and oxygen atoms in total. The van der Waals surface area contributed by atoms with Crippen LogP contribution in [-0.2, 0) is 6.54 Å². The zero-order valence-corrected chi connectivity index (χ0v) is 10.1. The van der Waals surface area contributed by atoms with Gasteiger partial charge in [-0.15, -0.1) is 0 Å². The first-order valence-electron chi connectivity index (χ1n) is 6.23. The molecule has 0 spiro atoms. The number of nitrogens with one attached hydrogen (secondary N) is 1. The summed E-state index contributed by atoms with van der Waals surface area (Å²) in [6.07, 6.45) is 2.56. The molecule has 1 aliphatic heterocycles. The number of aromatic amines is 1. The van der Waals surface area contributed by atoms with Crippen LogP contribution in [0.5, 0.6) is 0 Å². The molecule has 1 amide bonds. The number of benzene rings is 1. The average Bonchev–Trinajstić information content (AvgIpc) is 2.97. The molecule has 94 valence electrons. The number of nitrogens with two attached hydrogens (primary N) is 1. The van der Waals surface area contributed by atoms with E-state index in [-0.39, 0.29) is 0 Å². The standard InChI is InChI=1S/C13H16N4O/c14-13(18)12-10-7-9(3-4-11(10)15-16-12)8-17-5-1-2-6-17/h3-4,7H,1-2,5-6,8H2,(H2,14,18)(H,15,16). The Labute approximate surface area is 105 Å². The summed E-state index contributed by atoms with van der Waals surface area (Å²) >= 11 is 0. The number of H-pyrrole nitrogens is 1. The zero-order chi connectivity index (χ0) is 12.5. The van der Waals surface area contributed by atoms with Gasteiger partial charge in [-0.1, -0.05) is 6.07 Å². The van der Waals surface area contributed by atoms with E-state index in [2.05, 4.69) is 21.2 Å². The van der Waals surface area contributed by atoms with Crippen LogP contribution in [0.1, 0.15) is 28.9 Å². The highest BCUT2D eigenvalue weighted by Gasteiger charge is 2.14. The highest BCUT2D eigenvalue weighted by atomic mass is 16.1. The van der Waals surface area contributed by atoms with Crippen LogP contribution < -0.4 is 5.73 Å². The van der Waals surface area contributed by atoms with Crippen molar-refractivity contribution < 1.29 is 4.79 Å². The van der Waals surface area contributed by atoms with E-state index >= 15 is 0 Å². The molecule has 1 saturated heterocycles. The first kappa shape index (κ1) is 11.2. The molecule has 3 rings (SSSR count). The highest BCUT2D eigenvalue weighted by Crippen LogP contribution is 2.20. The van der Waals surface area contributed by atoms with Crippen LogP contribution >= 0.6 is 0 Å². The second-order valence-electron chi connectivity index (χ2n) is 4.80. The number of rotatable bonds is 3. The Morgan fingerprint density at radius 1 is 1.39 bits per heavy atom. The smallest absolute Gasteiger partial charge is 0.269 e. The van der Waals surface area contributed by atoms with Crippen LogP contribution in [0.4, 0.5) is 0 Å². The molecule has 3 N–H and O–H groups in total. The van der Waals surface area contributed by atoms with Crippen LogP contribution in [0.25, 0.3) is 10.9 Å². The first-order chi connectivity index (χ1) is 8.74. The third kappa shape index (κ3) is 1.97. The maximum absolute atomic E-state index is 11.3. The van der Waals surface area contributed by atoms with Gasteiger partial charge in [0.1, 0.15) is 0 Å². The Morgan fingerprint density at radius 3 is 2.89 bits per heavy atom. The molecule has 18 heavy (non-hydrogen) atoms. The van der Waals surface area contributed by atoms with Crippen LogP contribution in [0.15, 0.2) is 18.2 Å². The SMILES string of the molecule is NC(=O)c1n[nH]c2ccc(CN3CCCC3)cc12. The number of aromatic nitrogens is 2. The molecule has 5 heteroatoms. The molecule has 2 aromatic rings. The molecule has 1 aliphatic rings. The van der Waals surface area contributed by atoms with Crippen molar-refractivity contribution in [3.05, 3.63) is 29.5 Å². The van der Waals surface area contributed by atoms with E-state index in [0.29, 0.717) is 5.69 Å². The molecule has 1 aromatic heterocycles. The first-order valence-corrected chi connectivity index (χ1v) is 6.23. The second kappa shape index (κ2) is 4.42. The summed E-state index contributed by atoms with van der Waals surface area (Å²) in [5.74, 6) is -0.487. The molecule has 2 heterocycles. The van der Waals surface area contributed by atoms with Gasteiger partial charge in [0.25, 0.3) is 5.91 Å². The predicted octanol–water partition coefficient (Wildman–Crippen LogP) is 1.26. The van der Waals surface area contributed by atoms with Gasteiger partial charge < -0.3 is 5.73 Å². The Bertz CT molecular complexity index is 584. The fourth-order valence-electron chi connectivity index (χ4n) is 2.55. The van der Waals surface area contributed by atoms with Crippen molar-refractivity contribution in [3.63, 3.8) is 0 Å². The van der Waals surface area contributed by atoms with E-state index in [9.17, 15) is 4.79 Å². The van der Waals surface area contributed by atoms with Gasteiger partial charge in [-0.3, -0.25) is 14.8 Å². The maximum Gasteiger partial charge on any atom is 0.269 e. The fraction of sp³-hybridized carbons (Fsp3) is 0.385. The minimum absolute atomic E-state index is 0.327. The lowest BCUT2D eigenvalue weighted by Gasteiger charge is -2.14. The number of hydrogen-bond donors (Lipinski definition) is 2. The van der Waals surface area contributed by atoms with Crippen molar-refractivity contribution in [2.75, 3.05) is 13.1 Å². The molecule has 0 bridgehead atoms. The molecular formula is C13H16N4O. The van der Waals surface area contributed by atoms with Gasteiger partial charge >= 0.3 is 0 Å². The van der Waals surface area contributed by atoms with E-state index < -0.39 is 5.91 Å². The topological polar surface area (TPSA) is 75.0 Å². The zero-order valence-electron chi connectivity index (χ0n) is 10.1. The number of fused-ring (bicyclic) bond motifs is 1. The summed E-state index contributed by atoms with van der Waals surface area (Å²) in [4.78, 5) is 13.7. The van der Waals surface area contributed by atoms with Crippen LogP contribution in [0.3, 0.4) is 0 Å². The molecule has 1 aromatic carbocycles. The van der Waals surface area contributed by atoms with Gasteiger partial charge in [0, 0.05) is 11.9 Å². The second-order valence-corrected chi connectivity index (χ2v) is 4.80. The quantitative estimate of drug-likeness (QED) is 0.853. The number of hydrogen-bond acceptors (Lipinski definition) is 3. The fourth-order valence-corrected chi connectivity index (χ4v) is 2.55. The minimum atomic E-state index is -0.487. The average molecular weight is 244 g/mol. The van der Waals surface area contributed by atoms with Crippen molar-refractivity contribution >= 4 is 16.8 Å². The van der Waals surface area contributed by atoms with Crippen LogP contribution in [0, 0.1) is 0 Å². The van der Waals surface area contributed by atoms with E-state index in [1.807, 2.05) is 12.1 Å². The van der Waals surface area contributed by atoms with Crippen molar-refractivity contribution in [2.24, 2.45) is 5.73 Å². The Balaban J connectivity index is 1.93. The van der Waals surface area contributed by atoms with E-state index in [0.717, 1.165) is 30.5 Å². The highest BCUT2D eigenvalue weighted by molar-refractivity contribution is 6.03. The number of primary amides is 1. The van der Waals surface area contributed by atoms with Gasteiger partial charge in [0.15, 0.2) is 5.69 Å². The molecule has 0 radical (unpaired) electrons. The van der Waals surface area contributed by atoms with E-state index in [1.54, 1.807) is 0 Å². The third-order valence-electron chi connectivity index (χ3n) is 3.47. The van der Waals surface area contributed by atoms with E-state index in [1.165, 1.54) is 18.4 Å². The lowest BCUT2D eigenvalue weighted by molar-refractivity contribution is 0.0997. The summed E-state index contributed by atoms with van der Waals surface area (Å²) in [6, 6.07) is 6.04. The molecule has 0 unspecified atom stereocenters. The molecule has 0 atom stereocenters. The van der Waals surface area contributed by atoms with Crippen molar-refractivity contribution in [1.82, 2.24) is 15.1 Å². The molecule has 1 fully saturated rings. The summed E-state index contributed by atoms with van der Waals surface area (Å²) in [5, 5.41) is 7.60. The number of amides is 1. The van der Waals surface area contributed by atoms with Gasteiger partial charge in [-0.2, -0.15) is 5.10 Å². The van der Waals surface area contributed by atoms with E-state index in [4.69, 9.17) is 5.73 Å².